The lowest BCUT2D eigenvalue weighted by Crippen LogP contribution is -3.19. The third-order valence-corrected chi connectivity index (χ3v) is 5.54. The lowest BCUT2D eigenvalue weighted by molar-refractivity contribution is -0.914. The lowest BCUT2D eigenvalue weighted by atomic mass is 10.1. The van der Waals surface area contributed by atoms with Crippen LogP contribution in [0.3, 0.4) is 0 Å². The fourth-order valence-electron chi connectivity index (χ4n) is 3.85. The maximum atomic E-state index is 12.4. The number of piperazine rings is 1. The van der Waals surface area contributed by atoms with Crippen LogP contribution in [-0.2, 0) is 4.79 Å². The van der Waals surface area contributed by atoms with Gasteiger partial charge in [0.25, 0.3) is 11.6 Å². The number of nitrogens with zero attached hydrogens (tertiary/aromatic N) is 2. The van der Waals surface area contributed by atoms with Crippen LogP contribution in [0.5, 0.6) is 0 Å². The van der Waals surface area contributed by atoms with E-state index in [1.54, 1.807) is 24.3 Å². The van der Waals surface area contributed by atoms with Crippen LogP contribution in [0, 0.1) is 10.1 Å². The van der Waals surface area contributed by atoms with Crippen molar-refractivity contribution in [1.29, 1.82) is 0 Å². The minimum atomic E-state index is -0.378. The number of anilines is 1. The molecule has 1 aliphatic heterocycles. The van der Waals surface area contributed by atoms with Crippen molar-refractivity contribution in [2.45, 2.75) is 44.7 Å². The molecule has 1 atom stereocenters. The van der Waals surface area contributed by atoms with Gasteiger partial charge in [0.2, 0.25) is 0 Å². The van der Waals surface area contributed by atoms with Crippen molar-refractivity contribution in [1.82, 2.24) is 5.32 Å². The van der Waals surface area contributed by atoms with Gasteiger partial charge >= 0.3 is 0 Å². The summed E-state index contributed by atoms with van der Waals surface area (Å²) >= 11 is 0. The van der Waals surface area contributed by atoms with Crippen LogP contribution in [0.2, 0.25) is 0 Å². The van der Waals surface area contributed by atoms with Gasteiger partial charge in [-0.15, -0.1) is 0 Å². The van der Waals surface area contributed by atoms with Gasteiger partial charge in [-0.2, -0.15) is 0 Å². The SMILES string of the molecule is C[C@@H](C(=O)NC1CCCC1)[NH+]1CCN(c2ccc([N+](=O)[O-])cc2)CC1. The number of hydrogen-bond acceptors (Lipinski definition) is 4. The number of nitrogens with one attached hydrogen (secondary N) is 2. The molecule has 1 aromatic carbocycles. The molecule has 0 radical (unpaired) electrons. The van der Waals surface area contributed by atoms with Gasteiger partial charge in [0.15, 0.2) is 6.04 Å². The second-order valence-electron chi connectivity index (χ2n) is 7.13. The zero-order chi connectivity index (χ0) is 17.8. The average Bonchev–Trinajstić information content (AvgIpc) is 3.14. The average molecular weight is 347 g/mol. The third kappa shape index (κ3) is 4.28. The van der Waals surface area contributed by atoms with Crippen molar-refractivity contribution in [3.05, 3.63) is 34.4 Å². The number of carbonyl (C=O) groups excluding carboxylic acids is 1. The molecule has 1 amide bonds. The van der Waals surface area contributed by atoms with Crippen molar-refractivity contribution in [3.63, 3.8) is 0 Å². The van der Waals surface area contributed by atoms with Gasteiger partial charge in [-0.3, -0.25) is 14.9 Å². The Bertz CT molecular complexity index is 605. The molecule has 1 aromatic rings. The molecule has 1 saturated heterocycles. The van der Waals surface area contributed by atoms with E-state index in [1.165, 1.54) is 17.7 Å². The van der Waals surface area contributed by atoms with Crippen LogP contribution in [-0.4, -0.2) is 49.1 Å². The number of quaternary nitrogens is 1. The van der Waals surface area contributed by atoms with E-state index in [0.29, 0.717) is 6.04 Å². The largest absolute Gasteiger partial charge is 0.360 e. The van der Waals surface area contributed by atoms with Gasteiger partial charge in [0, 0.05) is 23.9 Å². The maximum Gasteiger partial charge on any atom is 0.278 e. The summed E-state index contributed by atoms with van der Waals surface area (Å²) < 4.78 is 0. The number of rotatable bonds is 5. The summed E-state index contributed by atoms with van der Waals surface area (Å²) in [7, 11) is 0. The molecule has 0 unspecified atom stereocenters. The van der Waals surface area contributed by atoms with E-state index in [-0.39, 0.29) is 22.6 Å². The van der Waals surface area contributed by atoms with E-state index in [2.05, 4.69) is 10.2 Å². The Hall–Kier alpha value is -2.15. The number of non-ortho nitro benzene ring substituents is 1. The molecular weight excluding hydrogens is 320 g/mol. The Kier molecular flexibility index (Phi) is 5.53. The minimum Gasteiger partial charge on any atom is -0.360 e. The van der Waals surface area contributed by atoms with Gasteiger partial charge in [0.05, 0.1) is 31.1 Å². The predicted octanol–water partition coefficient (Wildman–Crippen LogP) is 0.747. The molecule has 7 nitrogen and oxygen atoms in total. The fourth-order valence-corrected chi connectivity index (χ4v) is 3.85. The minimum absolute atomic E-state index is 0.0281. The van der Waals surface area contributed by atoms with Gasteiger partial charge in [-0.25, -0.2) is 0 Å². The Morgan fingerprint density at radius 3 is 2.40 bits per heavy atom. The van der Waals surface area contributed by atoms with Gasteiger partial charge < -0.3 is 15.1 Å². The molecule has 0 spiro atoms. The van der Waals surface area contributed by atoms with E-state index in [0.717, 1.165) is 44.7 Å². The molecule has 0 bridgehead atoms. The maximum absolute atomic E-state index is 12.4. The molecule has 3 rings (SSSR count). The van der Waals surface area contributed by atoms with E-state index in [9.17, 15) is 14.9 Å². The van der Waals surface area contributed by atoms with E-state index in [1.807, 2.05) is 6.92 Å². The second kappa shape index (κ2) is 7.82. The van der Waals surface area contributed by atoms with Crippen molar-refractivity contribution < 1.29 is 14.6 Å². The number of benzene rings is 1. The normalized spacial score (nSPS) is 20.4. The van der Waals surface area contributed by atoms with Crippen LogP contribution in [0.25, 0.3) is 0 Å². The summed E-state index contributed by atoms with van der Waals surface area (Å²) in [4.78, 5) is 26.4. The molecule has 1 aliphatic carbocycles. The molecule has 136 valence electrons. The Balaban J connectivity index is 1.50. The molecule has 2 N–H and O–H groups in total. The summed E-state index contributed by atoms with van der Waals surface area (Å²) in [6, 6.07) is 7.05. The van der Waals surface area contributed by atoms with Crippen LogP contribution in [0.4, 0.5) is 11.4 Å². The highest BCUT2D eigenvalue weighted by Gasteiger charge is 2.30. The molecule has 7 heteroatoms. The highest BCUT2D eigenvalue weighted by atomic mass is 16.6. The smallest absolute Gasteiger partial charge is 0.278 e. The molecule has 2 fully saturated rings. The molecule has 0 aromatic heterocycles. The zero-order valence-corrected chi connectivity index (χ0v) is 14.7. The van der Waals surface area contributed by atoms with Crippen molar-refractivity contribution in [2.24, 2.45) is 0 Å². The monoisotopic (exact) mass is 347 g/mol. The van der Waals surface area contributed by atoms with E-state index in [4.69, 9.17) is 0 Å². The third-order valence-electron chi connectivity index (χ3n) is 5.54. The molecular formula is C18H27N4O3+. The second-order valence-corrected chi connectivity index (χ2v) is 7.13. The Morgan fingerprint density at radius 1 is 1.24 bits per heavy atom. The first-order chi connectivity index (χ1) is 12.0. The Labute approximate surface area is 148 Å². The first kappa shape index (κ1) is 17.7. The highest BCUT2D eigenvalue weighted by Crippen LogP contribution is 2.19. The van der Waals surface area contributed by atoms with Crippen LogP contribution in [0.15, 0.2) is 24.3 Å². The van der Waals surface area contributed by atoms with Crippen molar-refractivity contribution in [2.75, 3.05) is 31.1 Å². The van der Waals surface area contributed by atoms with Gasteiger partial charge in [-0.1, -0.05) is 12.8 Å². The first-order valence-electron chi connectivity index (χ1n) is 9.19. The van der Waals surface area contributed by atoms with Crippen LogP contribution in [0.1, 0.15) is 32.6 Å². The standard InChI is InChI=1S/C18H26N4O3/c1-14(18(23)19-15-4-2-3-5-15)20-10-12-21(13-11-20)16-6-8-17(9-7-16)22(24)25/h6-9,14-15H,2-5,10-13H2,1H3,(H,19,23)/p+1/t14-/m0/s1. The van der Waals surface area contributed by atoms with E-state index >= 15 is 0 Å². The molecule has 1 saturated carbocycles. The summed E-state index contributed by atoms with van der Waals surface area (Å²) in [6.07, 6.45) is 4.67. The summed E-state index contributed by atoms with van der Waals surface area (Å²) in [5.41, 5.74) is 1.12. The quantitative estimate of drug-likeness (QED) is 0.608. The number of hydrogen-bond donors (Lipinski definition) is 2. The zero-order valence-electron chi connectivity index (χ0n) is 14.7. The van der Waals surface area contributed by atoms with Crippen LogP contribution < -0.4 is 15.1 Å². The molecule has 25 heavy (non-hydrogen) atoms. The molecule has 2 aliphatic rings. The highest BCUT2D eigenvalue weighted by molar-refractivity contribution is 5.80. The number of amides is 1. The molecule has 1 heterocycles. The van der Waals surface area contributed by atoms with E-state index < -0.39 is 0 Å². The van der Waals surface area contributed by atoms with Gasteiger partial charge in [0.1, 0.15) is 0 Å². The van der Waals surface area contributed by atoms with Crippen LogP contribution >= 0.6 is 0 Å². The lowest BCUT2D eigenvalue weighted by Gasteiger charge is -2.36. The summed E-state index contributed by atoms with van der Waals surface area (Å²) in [5, 5.41) is 13.9. The van der Waals surface area contributed by atoms with Crippen molar-refractivity contribution in [3.8, 4) is 0 Å². The fraction of sp³-hybridized carbons (Fsp3) is 0.611. The summed E-state index contributed by atoms with van der Waals surface area (Å²) in [6.45, 7) is 5.52. The van der Waals surface area contributed by atoms with Crippen molar-refractivity contribution >= 4 is 17.3 Å². The Morgan fingerprint density at radius 2 is 1.84 bits per heavy atom. The van der Waals surface area contributed by atoms with Gasteiger partial charge in [-0.05, 0) is 31.9 Å². The topological polar surface area (TPSA) is 79.9 Å². The predicted molar refractivity (Wildman–Crippen MR) is 95.9 cm³/mol. The summed E-state index contributed by atoms with van der Waals surface area (Å²) in [5.74, 6) is 0.172. The number of carbonyl (C=O) groups is 1. The number of nitro groups is 1. The number of nitro benzene ring substituents is 1. The first-order valence-corrected chi connectivity index (χ1v) is 9.19.